The van der Waals surface area contributed by atoms with Gasteiger partial charge in [-0.25, -0.2) is 9.59 Å². The van der Waals surface area contributed by atoms with Gasteiger partial charge in [0.05, 0.1) is 18.1 Å². The molecule has 168 valence electrons. The second-order valence-corrected chi connectivity index (χ2v) is 6.76. The first-order valence-corrected chi connectivity index (χ1v) is 9.13. The van der Waals surface area contributed by atoms with Gasteiger partial charge in [0.2, 0.25) is 0 Å². The first-order valence-electron chi connectivity index (χ1n) is 9.13. The zero-order valence-electron chi connectivity index (χ0n) is 17.1. The fourth-order valence-corrected chi connectivity index (χ4v) is 3.03. The van der Waals surface area contributed by atoms with Crippen molar-refractivity contribution in [1.29, 1.82) is 0 Å². The van der Waals surface area contributed by atoms with Gasteiger partial charge in [-0.05, 0) is 37.1 Å². The number of nitro benzene ring substituents is 1. The SMILES string of the molecule is COc1cc(C(=O)OCc2cc(=O)oc3cc(C)c(C)cc23)c([N+](=O)[O-])cc1OC(F)F. The molecule has 0 amide bonds. The van der Waals surface area contributed by atoms with Gasteiger partial charge in [0.1, 0.15) is 17.8 Å². The molecule has 0 fully saturated rings. The first-order chi connectivity index (χ1) is 15.1. The van der Waals surface area contributed by atoms with E-state index >= 15 is 0 Å². The second-order valence-electron chi connectivity index (χ2n) is 6.76. The Labute approximate surface area is 179 Å². The van der Waals surface area contributed by atoms with E-state index in [0.29, 0.717) is 22.6 Å². The summed E-state index contributed by atoms with van der Waals surface area (Å²) in [4.78, 5) is 34.9. The van der Waals surface area contributed by atoms with Gasteiger partial charge in [-0.15, -0.1) is 0 Å². The molecular formula is C21H17F2NO8. The third-order valence-electron chi connectivity index (χ3n) is 4.72. The van der Waals surface area contributed by atoms with Gasteiger partial charge in [0.25, 0.3) is 5.69 Å². The monoisotopic (exact) mass is 449 g/mol. The van der Waals surface area contributed by atoms with E-state index < -0.39 is 46.7 Å². The Hall–Kier alpha value is -4.02. The van der Waals surface area contributed by atoms with Gasteiger partial charge in [-0.2, -0.15) is 8.78 Å². The zero-order chi connectivity index (χ0) is 23.6. The van der Waals surface area contributed by atoms with Crippen molar-refractivity contribution in [2.45, 2.75) is 27.1 Å². The average Bonchev–Trinajstić information content (AvgIpc) is 2.72. The summed E-state index contributed by atoms with van der Waals surface area (Å²) >= 11 is 0. The van der Waals surface area contributed by atoms with Crippen molar-refractivity contribution in [3.8, 4) is 11.5 Å². The minimum Gasteiger partial charge on any atom is -0.493 e. The molecule has 3 rings (SSSR count). The van der Waals surface area contributed by atoms with Crippen LogP contribution in [-0.2, 0) is 11.3 Å². The summed E-state index contributed by atoms with van der Waals surface area (Å²) in [5.41, 5.74) is 0.432. The van der Waals surface area contributed by atoms with Gasteiger partial charge in [0.15, 0.2) is 11.5 Å². The van der Waals surface area contributed by atoms with Crippen LogP contribution in [0.2, 0.25) is 0 Å². The lowest BCUT2D eigenvalue weighted by molar-refractivity contribution is -0.385. The Balaban J connectivity index is 1.97. The lowest BCUT2D eigenvalue weighted by Crippen LogP contribution is -2.11. The molecule has 0 aliphatic carbocycles. The van der Waals surface area contributed by atoms with E-state index in [-0.39, 0.29) is 5.75 Å². The fourth-order valence-electron chi connectivity index (χ4n) is 3.03. The lowest BCUT2D eigenvalue weighted by Gasteiger charge is -2.12. The lowest BCUT2D eigenvalue weighted by atomic mass is 10.0. The average molecular weight is 449 g/mol. The Morgan fingerprint density at radius 1 is 1.12 bits per heavy atom. The number of aryl methyl sites for hydroxylation is 2. The molecule has 1 heterocycles. The van der Waals surface area contributed by atoms with Crippen LogP contribution in [-0.4, -0.2) is 24.6 Å². The topological polar surface area (TPSA) is 118 Å². The Morgan fingerprint density at radius 3 is 2.44 bits per heavy atom. The highest BCUT2D eigenvalue weighted by atomic mass is 19.3. The van der Waals surface area contributed by atoms with E-state index in [1.807, 2.05) is 13.8 Å². The number of methoxy groups -OCH3 is 1. The molecule has 0 aliphatic heterocycles. The number of benzene rings is 2. The third-order valence-corrected chi connectivity index (χ3v) is 4.72. The van der Waals surface area contributed by atoms with Crippen LogP contribution in [0.5, 0.6) is 11.5 Å². The summed E-state index contributed by atoms with van der Waals surface area (Å²) in [7, 11) is 1.12. The molecule has 1 aromatic heterocycles. The molecule has 0 unspecified atom stereocenters. The fraction of sp³-hybridized carbons (Fsp3) is 0.238. The van der Waals surface area contributed by atoms with Gasteiger partial charge < -0.3 is 18.6 Å². The summed E-state index contributed by atoms with van der Waals surface area (Å²) in [6.07, 6.45) is 0. The van der Waals surface area contributed by atoms with Crippen LogP contribution >= 0.6 is 0 Å². The Bertz CT molecular complexity index is 1270. The smallest absolute Gasteiger partial charge is 0.387 e. The van der Waals surface area contributed by atoms with E-state index in [9.17, 15) is 28.5 Å². The molecule has 32 heavy (non-hydrogen) atoms. The number of carbonyl (C=O) groups excluding carboxylic acids is 1. The molecule has 0 bridgehead atoms. The number of carbonyl (C=O) groups is 1. The van der Waals surface area contributed by atoms with Crippen molar-refractivity contribution in [2.24, 2.45) is 0 Å². The minimum absolute atomic E-state index is 0.299. The van der Waals surface area contributed by atoms with Crippen molar-refractivity contribution < 1.29 is 37.1 Å². The molecule has 0 N–H and O–H groups in total. The van der Waals surface area contributed by atoms with E-state index in [2.05, 4.69) is 4.74 Å². The molecule has 2 aromatic carbocycles. The van der Waals surface area contributed by atoms with Crippen molar-refractivity contribution in [2.75, 3.05) is 7.11 Å². The highest BCUT2D eigenvalue weighted by molar-refractivity contribution is 5.95. The van der Waals surface area contributed by atoms with Crippen molar-refractivity contribution in [3.05, 3.63) is 73.1 Å². The highest BCUT2D eigenvalue weighted by Crippen LogP contribution is 2.36. The maximum absolute atomic E-state index is 12.6. The van der Waals surface area contributed by atoms with Crippen molar-refractivity contribution >= 4 is 22.6 Å². The number of rotatable bonds is 7. The van der Waals surface area contributed by atoms with Crippen LogP contribution in [0.1, 0.15) is 27.0 Å². The molecule has 11 heteroatoms. The van der Waals surface area contributed by atoms with Crippen LogP contribution in [0.25, 0.3) is 11.0 Å². The number of hydrogen-bond donors (Lipinski definition) is 0. The number of nitrogens with zero attached hydrogens (tertiary/aromatic N) is 1. The number of hydrogen-bond acceptors (Lipinski definition) is 8. The van der Waals surface area contributed by atoms with Crippen LogP contribution in [0, 0.1) is 24.0 Å². The van der Waals surface area contributed by atoms with Gasteiger partial charge >= 0.3 is 18.2 Å². The van der Waals surface area contributed by atoms with Gasteiger partial charge in [-0.1, -0.05) is 0 Å². The van der Waals surface area contributed by atoms with E-state index in [4.69, 9.17) is 13.9 Å². The van der Waals surface area contributed by atoms with E-state index in [1.54, 1.807) is 12.1 Å². The molecule has 0 aliphatic rings. The van der Waals surface area contributed by atoms with E-state index in [0.717, 1.165) is 30.4 Å². The number of alkyl halides is 2. The minimum atomic E-state index is -3.26. The van der Waals surface area contributed by atoms with Crippen LogP contribution < -0.4 is 15.1 Å². The molecular weight excluding hydrogens is 432 g/mol. The number of esters is 1. The normalized spacial score (nSPS) is 10.9. The molecule has 0 saturated carbocycles. The molecule has 0 atom stereocenters. The van der Waals surface area contributed by atoms with Crippen molar-refractivity contribution in [1.82, 2.24) is 0 Å². The number of ether oxygens (including phenoxy) is 3. The number of fused-ring (bicyclic) bond motifs is 1. The Morgan fingerprint density at radius 2 is 1.81 bits per heavy atom. The van der Waals surface area contributed by atoms with Crippen LogP contribution in [0.3, 0.4) is 0 Å². The number of halogens is 2. The summed E-state index contributed by atoms with van der Waals surface area (Å²) in [5, 5.41) is 11.9. The maximum Gasteiger partial charge on any atom is 0.387 e. The summed E-state index contributed by atoms with van der Waals surface area (Å²) in [5.74, 6) is -2.05. The quantitative estimate of drug-likeness (QED) is 0.227. The maximum atomic E-state index is 12.6. The molecule has 9 nitrogen and oxygen atoms in total. The zero-order valence-corrected chi connectivity index (χ0v) is 17.1. The highest BCUT2D eigenvalue weighted by Gasteiger charge is 2.27. The molecule has 0 saturated heterocycles. The van der Waals surface area contributed by atoms with E-state index in [1.165, 1.54) is 0 Å². The van der Waals surface area contributed by atoms with Crippen molar-refractivity contribution in [3.63, 3.8) is 0 Å². The third kappa shape index (κ3) is 4.66. The van der Waals surface area contributed by atoms with Crippen LogP contribution in [0.15, 0.2) is 39.5 Å². The summed E-state index contributed by atoms with van der Waals surface area (Å²) in [6, 6.07) is 6.12. The van der Waals surface area contributed by atoms with Gasteiger partial charge in [0, 0.05) is 23.1 Å². The molecule has 3 aromatic rings. The van der Waals surface area contributed by atoms with Gasteiger partial charge in [-0.3, -0.25) is 10.1 Å². The standard InChI is InChI=1S/C21H17F2NO8/c1-10-4-13-12(6-19(25)31-16(13)5-11(10)2)9-30-20(26)14-7-17(29-3)18(32-21(22)23)8-15(14)24(27)28/h4-8,21H,9H2,1-3H3. The summed E-state index contributed by atoms with van der Waals surface area (Å²) < 4.78 is 44.6. The Kier molecular flexibility index (Phi) is 6.37. The van der Waals surface area contributed by atoms with Crippen LogP contribution in [0.4, 0.5) is 14.5 Å². The predicted octanol–water partition coefficient (Wildman–Crippen LogP) is 4.29. The first kappa shape index (κ1) is 22.7. The second kappa shape index (κ2) is 9.00. The summed E-state index contributed by atoms with van der Waals surface area (Å²) in [6.45, 7) is 0.0496. The predicted molar refractivity (Wildman–Crippen MR) is 107 cm³/mol. The molecule has 0 radical (unpaired) electrons. The molecule has 0 spiro atoms. The largest absolute Gasteiger partial charge is 0.493 e. The number of nitro groups is 1.